The van der Waals surface area contributed by atoms with Crippen LogP contribution < -0.4 is 10.6 Å². The number of hydrogen-bond donors (Lipinski definition) is 2. The van der Waals surface area contributed by atoms with E-state index in [0.717, 1.165) is 6.67 Å². The molecule has 1 aliphatic heterocycles. The second-order valence-electron chi connectivity index (χ2n) is 5.77. The van der Waals surface area contributed by atoms with Crippen LogP contribution in [0, 0.1) is 0 Å². The van der Waals surface area contributed by atoms with Gasteiger partial charge < -0.3 is 10.6 Å². The summed E-state index contributed by atoms with van der Waals surface area (Å²) in [5.74, 6) is 0. The fourth-order valence-corrected chi connectivity index (χ4v) is 2.71. The van der Waals surface area contributed by atoms with Gasteiger partial charge in [0, 0.05) is 6.67 Å². The van der Waals surface area contributed by atoms with Crippen molar-refractivity contribution in [3.63, 3.8) is 0 Å². The molecule has 0 aromatic heterocycles. The predicted molar refractivity (Wildman–Crippen MR) is 80.9 cm³/mol. The molecule has 0 spiro atoms. The van der Waals surface area contributed by atoms with E-state index in [4.69, 9.17) is 0 Å². The summed E-state index contributed by atoms with van der Waals surface area (Å²) < 4.78 is 0. The van der Waals surface area contributed by atoms with Gasteiger partial charge in [0.2, 0.25) is 0 Å². The topological polar surface area (TPSA) is 24.1 Å². The molecule has 108 valence electrons. The summed E-state index contributed by atoms with van der Waals surface area (Å²) in [5, 5.41) is 6.96. The molecular formula is C16H34N2. The van der Waals surface area contributed by atoms with Gasteiger partial charge in [0.1, 0.15) is 0 Å². The van der Waals surface area contributed by atoms with Crippen LogP contribution in [0.3, 0.4) is 0 Å². The Hall–Kier alpha value is -0.0800. The normalized spacial score (nSPS) is 24.0. The Morgan fingerprint density at radius 2 is 0.611 bits per heavy atom. The van der Waals surface area contributed by atoms with Gasteiger partial charge in [-0.05, 0) is 25.9 Å². The van der Waals surface area contributed by atoms with E-state index in [1.165, 1.54) is 96.6 Å². The van der Waals surface area contributed by atoms with Crippen LogP contribution in [0.15, 0.2) is 0 Å². The fraction of sp³-hybridized carbons (Fsp3) is 1.00. The largest absolute Gasteiger partial charge is 0.304 e. The van der Waals surface area contributed by atoms with E-state index >= 15 is 0 Å². The highest BCUT2D eigenvalue weighted by Crippen LogP contribution is 2.12. The van der Waals surface area contributed by atoms with Crippen LogP contribution in [0.1, 0.15) is 83.5 Å². The van der Waals surface area contributed by atoms with Gasteiger partial charge in [-0.2, -0.15) is 0 Å². The predicted octanol–water partition coefficient (Wildman–Crippen LogP) is 4.21. The summed E-state index contributed by atoms with van der Waals surface area (Å²) in [5.41, 5.74) is 0. The zero-order valence-corrected chi connectivity index (χ0v) is 12.3. The van der Waals surface area contributed by atoms with Crippen molar-refractivity contribution in [3.05, 3.63) is 0 Å². The van der Waals surface area contributed by atoms with Gasteiger partial charge in [-0.25, -0.2) is 0 Å². The van der Waals surface area contributed by atoms with Crippen LogP contribution in [0.25, 0.3) is 0 Å². The molecule has 0 unspecified atom stereocenters. The Kier molecular flexibility index (Phi) is 11.9. The first-order valence-electron chi connectivity index (χ1n) is 8.41. The van der Waals surface area contributed by atoms with Crippen molar-refractivity contribution < 1.29 is 0 Å². The van der Waals surface area contributed by atoms with Crippen molar-refractivity contribution in [2.75, 3.05) is 19.8 Å². The molecule has 0 aromatic rings. The molecule has 0 amide bonds. The molecule has 2 heteroatoms. The Morgan fingerprint density at radius 1 is 0.333 bits per heavy atom. The third-order valence-corrected chi connectivity index (χ3v) is 3.96. The van der Waals surface area contributed by atoms with E-state index in [1.54, 1.807) is 0 Å². The van der Waals surface area contributed by atoms with E-state index in [1.807, 2.05) is 0 Å². The number of hydrogen-bond acceptors (Lipinski definition) is 2. The Bertz CT molecular complexity index is 84.1. The molecule has 2 N–H and O–H groups in total. The molecule has 0 bridgehead atoms. The third kappa shape index (κ3) is 11.0. The average molecular weight is 254 g/mol. The molecule has 18 heavy (non-hydrogen) atoms. The lowest BCUT2D eigenvalue weighted by Gasteiger charge is -2.08. The lowest BCUT2D eigenvalue weighted by molar-refractivity contribution is 0.501. The van der Waals surface area contributed by atoms with E-state index < -0.39 is 0 Å². The summed E-state index contributed by atoms with van der Waals surface area (Å²) in [6.45, 7) is 3.38. The molecule has 1 fully saturated rings. The van der Waals surface area contributed by atoms with Crippen molar-refractivity contribution in [3.8, 4) is 0 Å². The minimum Gasteiger partial charge on any atom is -0.304 e. The van der Waals surface area contributed by atoms with E-state index in [9.17, 15) is 0 Å². The first-order valence-corrected chi connectivity index (χ1v) is 8.41. The SMILES string of the molecule is C1CCCCCCCNCNCCCCCCC1. The van der Waals surface area contributed by atoms with Crippen LogP contribution in [0.2, 0.25) is 0 Å². The molecule has 0 aliphatic carbocycles. The quantitative estimate of drug-likeness (QED) is 0.677. The van der Waals surface area contributed by atoms with Gasteiger partial charge in [0.25, 0.3) is 0 Å². The van der Waals surface area contributed by atoms with Crippen molar-refractivity contribution in [2.24, 2.45) is 0 Å². The van der Waals surface area contributed by atoms with E-state index in [-0.39, 0.29) is 0 Å². The molecule has 0 saturated carbocycles. The maximum atomic E-state index is 3.48. The minimum absolute atomic E-state index is 1.00. The third-order valence-electron chi connectivity index (χ3n) is 3.96. The van der Waals surface area contributed by atoms with Gasteiger partial charge in [-0.15, -0.1) is 0 Å². The highest BCUT2D eigenvalue weighted by Gasteiger charge is 1.95. The molecule has 0 radical (unpaired) electrons. The summed E-state index contributed by atoms with van der Waals surface area (Å²) in [4.78, 5) is 0. The summed E-state index contributed by atoms with van der Waals surface area (Å²) in [6, 6.07) is 0. The average Bonchev–Trinajstić information content (AvgIpc) is 2.39. The van der Waals surface area contributed by atoms with Crippen molar-refractivity contribution in [1.82, 2.24) is 10.6 Å². The maximum Gasteiger partial charge on any atom is 0.0454 e. The first kappa shape index (κ1) is 16.0. The van der Waals surface area contributed by atoms with Gasteiger partial charge in [-0.1, -0.05) is 70.6 Å². The second-order valence-corrected chi connectivity index (χ2v) is 5.77. The standard InChI is InChI=1S/C16H34N2/c1-2-4-6-8-10-12-14-17-16-18-15-13-11-9-7-5-3-1/h17-18H,1-16H2. The molecule has 1 heterocycles. The summed E-state index contributed by atoms with van der Waals surface area (Å²) in [6.07, 6.45) is 18.7. The monoisotopic (exact) mass is 254 g/mol. The maximum absolute atomic E-state index is 3.48. The molecule has 1 saturated heterocycles. The molecule has 0 aromatic carbocycles. The first-order chi connectivity index (χ1) is 9.00. The molecule has 0 atom stereocenters. The Balaban J connectivity index is 2.00. The molecule has 2 nitrogen and oxygen atoms in total. The number of nitrogens with one attached hydrogen (secondary N) is 2. The minimum atomic E-state index is 1.00. The lowest BCUT2D eigenvalue weighted by Crippen LogP contribution is -2.30. The van der Waals surface area contributed by atoms with Crippen molar-refractivity contribution in [2.45, 2.75) is 83.5 Å². The van der Waals surface area contributed by atoms with Crippen LogP contribution in [0.4, 0.5) is 0 Å². The van der Waals surface area contributed by atoms with Gasteiger partial charge in [-0.3, -0.25) is 0 Å². The highest BCUT2D eigenvalue weighted by atomic mass is 15.0. The van der Waals surface area contributed by atoms with E-state index in [2.05, 4.69) is 10.6 Å². The highest BCUT2D eigenvalue weighted by molar-refractivity contribution is 4.53. The molecule has 1 aliphatic rings. The van der Waals surface area contributed by atoms with Gasteiger partial charge in [0.15, 0.2) is 0 Å². The summed E-state index contributed by atoms with van der Waals surface area (Å²) in [7, 11) is 0. The van der Waals surface area contributed by atoms with Crippen LogP contribution >= 0.6 is 0 Å². The van der Waals surface area contributed by atoms with Crippen molar-refractivity contribution >= 4 is 0 Å². The zero-order chi connectivity index (χ0) is 12.7. The smallest absolute Gasteiger partial charge is 0.0454 e. The lowest BCUT2D eigenvalue weighted by atomic mass is 10.0. The second kappa shape index (κ2) is 13.4. The Labute approximate surface area is 114 Å². The number of rotatable bonds is 0. The summed E-state index contributed by atoms with van der Waals surface area (Å²) >= 11 is 0. The van der Waals surface area contributed by atoms with Crippen LogP contribution in [-0.2, 0) is 0 Å². The molecular weight excluding hydrogens is 220 g/mol. The van der Waals surface area contributed by atoms with Gasteiger partial charge in [0.05, 0.1) is 0 Å². The zero-order valence-electron chi connectivity index (χ0n) is 12.3. The van der Waals surface area contributed by atoms with E-state index in [0.29, 0.717) is 0 Å². The van der Waals surface area contributed by atoms with Gasteiger partial charge >= 0.3 is 0 Å². The van der Waals surface area contributed by atoms with Crippen LogP contribution in [-0.4, -0.2) is 19.8 Å². The fourth-order valence-electron chi connectivity index (χ4n) is 2.71. The molecule has 1 rings (SSSR count). The Morgan fingerprint density at radius 3 is 0.944 bits per heavy atom. The van der Waals surface area contributed by atoms with Crippen molar-refractivity contribution in [1.29, 1.82) is 0 Å². The van der Waals surface area contributed by atoms with Crippen LogP contribution in [0.5, 0.6) is 0 Å².